The largest absolute Gasteiger partial charge is 0.444 e. The first kappa shape index (κ1) is 17.9. The lowest BCUT2D eigenvalue weighted by Crippen LogP contribution is -2.45. The third-order valence-electron chi connectivity index (χ3n) is 3.82. The van der Waals surface area contributed by atoms with Gasteiger partial charge in [0.05, 0.1) is 0 Å². The monoisotopic (exact) mass is 335 g/mol. The fraction of sp³-hybridized carbons (Fsp3) is 0.526. The van der Waals surface area contributed by atoms with E-state index in [0.29, 0.717) is 0 Å². The molecule has 0 spiro atoms. The molecule has 126 valence electrons. The van der Waals surface area contributed by atoms with E-state index in [-0.39, 0.29) is 12.1 Å². The van der Waals surface area contributed by atoms with Crippen LogP contribution in [0.25, 0.3) is 6.08 Å². The molecule has 1 aromatic carbocycles. The van der Waals surface area contributed by atoms with Crippen LogP contribution in [0.1, 0.15) is 52.0 Å². The van der Waals surface area contributed by atoms with Gasteiger partial charge >= 0.3 is 6.09 Å². The van der Waals surface area contributed by atoms with E-state index in [9.17, 15) is 4.79 Å². The van der Waals surface area contributed by atoms with Crippen LogP contribution in [-0.2, 0) is 4.74 Å². The SMILES string of the molecule is CC(C)(C)OC(=O)N1CCCCC1CC=Cc1cccc(Cl)c1. The Labute approximate surface area is 144 Å². The molecule has 4 heteroatoms. The molecule has 23 heavy (non-hydrogen) atoms. The molecule has 1 amide bonds. The average molecular weight is 336 g/mol. The van der Waals surface area contributed by atoms with Crippen molar-refractivity contribution in [3.05, 3.63) is 40.9 Å². The van der Waals surface area contributed by atoms with E-state index >= 15 is 0 Å². The van der Waals surface area contributed by atoms with Crippen molar-refractivity contribution in [2.75, 3.05) is 6.54 Å². The van der Waals surface area contributed by atoms with Gasteiger partial charge in [0.25, 0.3) is 0 Å². The van der Waals surface area contributed by atoms with Crippen molar-refractivity contribution < 1.29 is 9.53 Å². The van der Waals surface area contributed by atoms with Crippen LogP contribution < -0.4 is 0 Å². The van der Waals surface area contributed by atoms with E-state index in [1.807, 2.05) is 49.9 Å². The summed E-state index contributed by atoms with van der Waals surface area (Å²) in [5, 5.41) is 0.736. The molecule has 0 N–H and O–H groups in total. The van der Waals surface area contributed by atoms with Gasteiger partial charge in [0, 0.05) is 17.6 Å². The molecule has 2 rings (SSSR count). The number of hydrogen-bond acceptors (Lipinski definition) is 2. The smallest absolute Gasteiger partial charge is 0.410 e. The predicted octanol–water partition coefficient (Wildman–Crippen LogP) is 5.53. The van der Waals surface area contributed by atoms with Gasteiger partial charge in [-0.25, -0.2) is 4.79 Å². The first-order valence-electron chi connectivity index (χ1n) is 8.27. The second kappa shape index (κ2) is 7.87. The van der Waals surface area contributed by atoms with Gasteiger partial charge in [-0.2, -0.15) is 0 Å². The maximum absolute atomic E-state index is 12.4. The number of likely N-dealkylation sites (tertiary alicyclic amines) is 1. The summed E-state index contributed by atoms with van der Waals surface area (Å²) in [5.74, 6) is 0. The van der Waals surface area contributed by atoms with Gasteiger partial charge in [-0.15, -0.1) is 0 Å². The van der Waals surface area contributed by atoms with Crippen molar-refractivity contribution in [2.24, 2.45) is 0 Å². The Morgan fingerprint density at radius 2 is 2.17 bits per heavy atom. The van der Waals surface area contributed by atoms with E-state index in [2.05, 4.69) is 12.2 Å². The standard InChI is InChI=1S/C19H26ClNO2/c1-19(2,3)23-18(22)21-13-5-4-11-17(21)12-7-9-15-8-6-10-16(20)14-15/h6-10,14,17H,4-5,11-13H2,1-3H3. The van der Waals surface area contributed by atoms with Crippen LogP contribution in [0.2, 0.25) is 5.02 Å². The van der Waals surface area contributed by atoms with E-state index in [1.165, 1.54) is 0 Å². The minimum absolute atomic E-state index is 0.196. The first-order chi connectivity index (χ1) is 10.8. The fourth-order valence-corrected chi connectivity index (χ4v) is 2.98. The second-order valence-corrected chi connectivity index (χ2v) is 7.45. The van der Waals surface area contributed by atoms with Gasteiger partial charge in [0.2, 0.25) is 0 Å². The minimum atomic E-state index is -0.449. The molecule has 1 fully saturated rings. The molecular weight excluding hydrogens is 310 g/mol. The lowest BCUT2D eigenvalue weighted by Gasteiger charge is -2.36. The molecule has 0 aromatic heterocycles. The number of halogens is 1. The number of hydrogen-bond donors (Lipinski definition) is 0. The third-order valence-corrected chi connectivity index (χ3v) is 4.06. The molecule has 1 saturated heterocycles. The zero-order valence-corrected chi connectivity index (χ0v) is 15.0. The summed E-state index contributed by atoms with van der Waals surface area (Å²) < 4.78 is 5.53. The normalized spacial score (nSPS) is 19.1. The van der Waals surface area contributed by atoms with Crippen molar-refractivity contribution >= 4 is 23.8 Å². The van der Waals surface area contributed by atoms with Crippen molar-refractivity contribution in [3.63, 3.8) is 0 Å². The Morgan fingerprint density at radius 1 is 1.39 bits per heavy atom. The summed E-state index contributed by atoms with van der Waals surface area (Å²) in [6.45, 7) is 6.50. The maximum Gasteiger partial charge on any atom is 0.410 e. The van der Waals surface area contributed by atoms with E-state index in [0.717, 1.165) is 42.8 Å². The van der Waals surface area contributed by atoms with Crippen molar-refractivity contribution in [1.82, 2.24) is 4.90 Å². The molecule has 1 aliphatic rings. The van der Waals surface area contributed by atoms with Crippen LogP contribution in [0.3, 0.4) is 0 Å². The Kier molecular flexibility index (Phi) is 6.11. The van der Waals surface area contributed by atoms with Gasteiger partial charge in [-0.3, -0.25) is 0 Å². The summed E-state index contributed by atoms with van der Waals surface area (Å²) in [6, 6.07) is 7.98. The van der Waals surface area contributed by atoms with Crippen LogP contribution in [0.5, 0.6) is 0 Å². The molecule has 1 heterocycles. The Hall–Kier alpha value is -1.48. The highest BCUT2D eigenvalue weighted by molar-refractivity contribution is 6.30. The number of carbonyl (C=O) groups excluding carboxylic acids is 1. The zero-order chi connectivity index (χ0) is 16.9. The predicted molar refractivity (Wildman–Crippen MR) is 95.7 cm³/mol. The quantitative estimate of drug-likeness (QED) is 0.726. The summed E-state index contributed by atoms with van der Waals surface area (Å²) in [6.07, 6.45) is 8.07. The van der Waals surface area contributed by atoms with Gasteiger partial charge in [-0.05, 0) is 64.2 Å². The number of rotatable bonds is 3. The van der Waals surface area contributed by atoms with Gasteiger partial charge < -0.3 is 9.64 Å². The van der Waals surface area contributed by atoms with Gasteiger partial charge in [-0.1, -0.05) is 35.9 Å². The van der Waals surface area contributed by atoms with E-state index in [4.69, 9.17) is 16.3 Å². The molecule has 3 nitrogen and oxygen atoms in total. The molecule has 1 atom stereocenters. The summed E-state index contributed by atoms with van der Waals surface area (Å²) in [7, 11) is 0. The minimum Gasteiger partial charge on any atom is -0.444 e. The zero-order valence-electron chi connectivity index (χ0n) is 14.2. The molecule has 1 unspecified atom stereocenters. The average Bonchev–Trinajstić information content (AvgIpc) is 2.46. The van der Waals surface area contributed by atoms with Gasteiger partial charge in [0.15, 0.2) is 0 Å². The number of amides is 1. The van der Waals surface area contributed by atoms with Crippen LogP contribution in [0, 0.1) is 0 Å². The summed E-state index contributed by atoms with van der Waals surface area (Å²) >= 11 is 6.00. The maximum atomic E-state index is 12.4. The third kappa shape index (κ3) is 5.91. The molecule has 0 aliphatic carbocycles. The Balaban J connectivity index is 1.97. The van der Waals surface area contributed by atoms with Crippen molar-refractivity contribution in [3.8, 4) is 0 Å². The number of piperidine rings is 1. The summed E-state index contributed by atoms with van der Waals surface area (Å²) in [4.78, 5) is 14.3. The Bertz CT molecular complexity index is 563. The number of carbonyl (C=O) groups is 1. The summed E-state index contributed by atoms with van der Waals surface area (Å²) in [5.41, 5.74) is 0.632. The van der Waals surface area contributed by atoms with Crippen LogP contribution >= 0.6 is 11.6 Å². The molecule has 1 aliphatic heterocycles. The van der Waals surface area contributed by atoms with Crippen LogP contribution in [0.15, 0.2) is 30.3 Å². The lowest BCUT2D eigenvalue weighted by atomic mass is 9.99. The topological polar surface area (TPSA) is 29.5 Å². The Morgan fingerprint density at radius 3 is 2.87 bits per heavy atom. The van der Waals surface area contributed by atoms with E-state index < -0.39 is 5.60 Å². The highest BCUT2D eigenvalue weighted by Crippen LogP contribution is 2.23. The van der Waals surface area contributed by atoms with Crippen molar-refractivity contribution in [2.45, 2.75) is 58.1 Å². The van der Waals surface area contributed by atoms with Crippen molar-refractivity contribution in [1.29, 1.82) is 0 Å². The molecule has 0 saturated carbocycles. The van der Waals surface area contributed by atoms with Gasteiger partial charge in [0.1, 0.15) is 5.60 Å². The molecule has 1 aromatic rings. The molecule has 0 radical (unpaired) electrons. The van der Waals surface area contributed by atoms with Crippen LogP contribution in [-0.4, -0.2) is 29.2 Å². The number of benzene rings is 1. The fourth-order valence-electron chi connectivity index (χ4n) is 2.78. The number of nitrogens with zero attached hydrogens (tertiary/aromatic N) is 1. The highest BCUT2D eigenvalue weighted by Gasteiger charge is 2.29. The number of ether oxygens (including phenoxy) is 1. The highest BCUT2D eigenvalue weighted by atomic mass is 35.5. The lowest BCUT2D eigenvalue weighted by molar-refractivity contribution is 0.0103. The first-order valence-corrected chi connectivity index (χ1v) is 8.65. The second-order valence-electron chi connectivity index (χ2n) is 7.02. The van der Waals surface area contributed by atoms with Crippen LogP contribution in [0.4, 0.5) is 4.79 Å². The molecule has 0 bridgehead atoms. The van der Waals surface area contributed by atoms with E-state index in [1.54, 1.807) is 0 Å². The molecular formula is C19H26ClNO2.